The second kappa shape index (κ2) is 5.68. The van der Waals surface area contributed by atoms with Gasteiger partial charge in [0.05, 0.1) is 16.1 Å². The van der Waals surface area contributed by atoms with E-state index in [1.54, 1.807) is 17.8 Å². The smallest absolute Gasteiger partial charge is 0.152 e. The Bertz CT molecular complexity index is 783. The van der Waals surface area contributed by atoms with Crippen molar-refractivity contribution in [1.29, 1.82) is 0 Å². The number of benzene rings is 2. The number of carbonyl (C=O) groups is 1. The van der Waals surface area contributed by atoms with Crippen LogP contribution in [0.3, 0.4) is 0 Å². The Labute approximate surface area is 131 Å². The predicted octanol–water partition coefficient (Wildman–Crippen LogP) is 4.53. The number of nitrogens with zero attached hydrogens (tertiary/aromatic N) is 1. The van der Waals surface area contributed by atoms with Crippen molar-refractivity contribution >= 4 is 34.9 Å². The van der Waals surface area contributed by atoms with Gasteiger partial charge in [-0.1, -0.05) is 29.8 Å². The van der Waals surface area contributed by atoms with E-state index in [4.69, 9.17) is 17.3 Å². The molecule has 21 heavy (non-hydrogen) atoms. The van der Waals surface area contributed by atoms with Crippen LogP contribution in [-0.2, 0) is 0 Å². The van der Waals surface area contributed by atoms with E-state index in [0.717, 1.165) is 27.9 Å². The molecule has 3 rings (SSSR count). The summed E-state index contributed by atoms with van der Waals surface area (Å²) in [6.07, 6.45) is 2.52. The van der Waals surface area contributed by atoms with Crippen LogP contribution in [0.15, 0.2) is 48.1 Å². The third kappa shape index (κ3) is 2.55. The highest BCUT2D eigenvalue weighted by molar-refractivity contribution is 7.13. The molecule has 0 saturated heterocycles. The number of aldehydes is 1. The Morgan fingerprint density at radius 3 is 2.52 bits per heavy atom. The molecular formula is C16H11ClN2OS. The van der Waals surface area contributed by atoms with Crippen LogP contribution in [0.2, 0.25) is 5.02 Å². The number of aromatic nitrogens is 1. The lowest BCUT2D eigenvalue weighted by Crippen LogP contribution is -1.98. The quantitative estimate of drug-likeness (QED) is 0.571. The highest BCUT2D eigenvalue weighted by atomic mass is 35.5. The summed E-state index contributed by atoms with van der Waals surface area (Å²) in [7, 11) is 0. The van der Waals surface area contributed by atoms with Gasteiger partial charge in [-0.15, -0.1) is 11.3 Å². The van der Waals surface area contributed by atoms with Gasteiger partial charge in [-0.2, -0.15) is 0 Å². The molecule has 0 saturated carbocycles. The van der Waals surface area contributed by atoms with Crippen LogP contribution in [0.25, 0.3) is 21.6 Å². The fourth-order valence-electron chi connectivity index (χ4n) is 2.21. The second-order valence-corrected chi connectivity index (χ2v) is 5.80. The number of hydrogen-bond acceptors (Lipinski definition) is 4. The van der Waals surface area contributed by atoms with Gasteiger partial charge in [0.2, 0.25) is 0 Å². The van der Waals surface area contributed by atoms with Crippen molar-refractivity contribution in [3.63, 3.8) is 0 Å². The summed E-state index contributed by atoms with van der Waals surface area (Å²) in [5.74, 6) is 0. The van der Waals surface area contributed by atoms with Crippen LogP contribution in [0, 0.1) is 0 Å². The van der Waals surface area contributed by atoms with Gasteiger partial charge in [0, 0.05) is 22.3 Å². The maximum atomic E-state index is 11.1. The van der Waals surface area contributed by atoms with Crippen LogP contribution < -0.4 is 5.73 Å². The fraction of sp³-hybridized carbons (Fsp3) is 0. The molecule has 2 N–H and O–H groups in total. The Morgan fingerprint density at radius 2 is 1.90 bits per heavy atom. The maximum absolute atomic E-state index is 11.1. The van der Waals surface area contributed by atoms with E-state index < -0.39 is 0 Å². The maximum Gasteiger partial charge on any atom is 0.152 e. The molecule has 1 aromatic heterocycles. The summed E-state index contributed by atoms with van der Waals surface area (Å²) in [4.78, 5) is 16.2. The SMILES string of the molecule is Nc1c(C=O)ccc(-c2ccc(Cl)cc2)c1-c1cncs1. The van der Waals surface area contributed by atoms with Crippen LogP contribution in [0.1, 0.15) is 10.4 Å². The summed E-state index contributed by atoms with van der Waals surface area (Å²) < 4.78 is 0. The van der Waals surface area contributed by atoms with Crippen molar-refractivity contribution in [3.05, 3.63) is 58.7 Å². The molecular weight excluding hydrogens is 304 g/mol. The monoisotopic (exact) mass is 314 g/mol. The summed E-state index contributed by atoms with van der Waals surface area (Å²) in [6.45, 7) is 0. The molecule has 104 valence electrons. The zero-order chi connectivity index (χ0) is 14.8. The van der Waals surface area contributed by atoms with E-state index in [1.165, 1.54) is 11.3 Å². The first kappa shape index (κ1) is 13.8. The number of rotatable bonds is 3. The van der Waals surface area contributed by atoms with E-state index in [2.05, 4.69) is 4.98 Å². The predicted molar refractivity (Wildman–Crippen MR) is 87.8 cm³/mol. The Balaban J connectivity index is 2.27. The third-order valence-corrected chi connectivity index (χ3v) is 4.28. The molecule has 2 aromatic carbocycles. The highest BCUT2D eigenvalue weighted by Crippen LogP contribution is 2.39. The molecule has 0 radical (unpaired) electrons. The number of thiazole rings is 1. The molecule has 0 fully saturated rings. The molecule has 0 atom stereocenters. The van der Waals surface area contributed by atoms with Crippen LogP contribution in [0.5, 0.6) is 0 Å². The van der Waals surface area contributed by atoms with Gasteiger partial charge < -0.3 is 5.73 Å². The molecule has 0 unspecified atom stereocenters. The summed E-state index contributed by atoms with van der Waals surface area (Å²) in [6, 6.07) is 11.2. The van der Waals surface area contributed by atoms with Gasteiger partial charge in [-0.3, -0.25) is 9.78 Å². The topological polar surface area (TPSA) is 56.0 Å². The summed E-state index contributed by atoms with van der Waals surface area (Å²) >= 11 is 7.43. The molecule has 0 spiro atoms. The lowest BCUT2D eigenvalue weighted by atomic mass is 9.95. The van der Waals surface area contributed by atoms with Crippen molar-refractivity contribution in [2.24, 2.45) is 0 Å². The molecule has 3 aromatic rings. The van der Waals surface area contributed by atoms with Crippen LogP contribution in [0.4, 0.5) is 5.69 Å². The number of hydrogen-bond donors (Lipinski definition) is 1. The first-order valence-corrected chi connectivity index (χ1v) is 7.49. The Kier molecular flexibility index (Phi) is 3.73. The average molecular weight is 315 g/mol. The zero-order valence-corrected chi connectivity index (χ0v) is 12.5. The number of carbonyl (C=O) groups excluding carboxylic acids is 1. The van der Waals surface area contributed by atoms with E-state index >= 15 is 0 Å². The van der Waals surface area contributed by atoms with E-state index in [1.807, 2.05) is 30.3 Å². The lowest BCUT2D eigenvalue weighted by molar-refractivity contribution is 0.112. The van der Waals surface area contributed by atoms with Crippen molar-refractivity contribution in [2.75, 3.05) is 5.73 Å². The summed E-state index contributed by atoms with van der Waals surface area (Å²) in [5, 5.41) is 0.676. The second-order valence-electron chi connectivity index (χ2n) is 4.48. The molecule has 3 nitrogen and oxygen atoms in total. The molecule has 5 heteroatoms. The minimum atomic E-state index is 0.474. The Hall–Kier alpha value is -2.17. The first-order chi connectivity index (χ1) is 10.2. The van der Waals surface area contributed by atoms with Crippen molar-refractivity contribution in [2.45, 2.75) is 0 Å². The minimum absolute atomic E-state index is 0.474. The summed E-state index contributed by atoms with van der Waals surface area (Å²) in [5.41, 5.74) is 11.7. The Morgan fingerprint density at radius 1 is 1.14 bits per heavy atom. The number of halogens is 1. The largest absolute Gasteiger partial charge is 0.398 e. The zero-order valence-electron chi connectivity index (χ0n) is 10.9. The van der Waals surface area contributed by atoms with E-state index in [9.17, 15) is 4.79 Å². The standard InChI is InChI=1S/C16H11ClN2OS/c17-12-4-1-10(2-5-12)13-6-3-11(8-20)16(18)15(13)14-7-19-9-21-14/h1-9H,18H2. The number of nitrogens with two attached hydrogens (primary N) is 1. The van der Waals surface area contributed by atoms with Gasteiger partial charge in [0.25, 0.3) is 0 Å². The molecule has 0 aliphatic carbocycles. The average Bonchev–Trinajstić information content (AvgIpc) is 3.01. The van der Waals surface area contributed by atoms with Gasteiger partial charge in [0.15, 0.2) is 6.29 Å². The molecule has 0 bridgehead atoms. The van der Waals surface area contributed by atoms with Crippen molar-refractivity contribution < 1.29 is 4.79 Å². The van der Waals surface area contributed by atoms with E-state index in [-0.39, 0.29) is 0 Å². The fourth-order valence-corrected chi connectivity index (χ4v) is 3.03. The molecule has 0 aliphatic heterocycles. The number of nitrogen functional groups attached to an aromatic ring is 1. The molecule has 0 aliphatic rings. The number of anilines is 1. The first-order valence-electron chi connectivity index (χ1n) is 6.23. The van der Waals surface area contributed by atoms with Gasteiger partial charge in [-0.05, 0) is 29.3 Å². The van der Waals surface area contributed by atoms with Gasteiger partial charge in [0.1, 0.15) is 0 Å². The van der Waals surface area contributed by atoms with E-state index in [0.29, 0.717) is 16.3 Å². The minimum Gasteiger partial charge on any atom is -0.398 e. The van der Waals surface area contributed by atoms with Crippen LogP contribution in [-0.4, -0.2) is 11.3 Å². The highest BCUT2D eigenvalue weighted by Gasteiger charge is 2.15. The van der Waals surface area contributed by atoms with Gasteiger partial charge >= 0.3 is 0 Å². The molecule has 1 heterocycles. The van der Waals surface area contributed by atoms with Gasteiger partial charge in [-0.25, -0.2) is 0 Å². The normalized spacial score (nSPS) is 10.5. The van der Waals surface area contributed by atoms with Crippen molar-refractivity contribution in [1.82, 2.24) is 4.98 Å². The van der Waals surface area contributed by atoms with Crippen molar-refractivity contribution in [3.8, 4) is 21.6 Å². The molecule has 0 amide bonds. The van der Waals surface area contributed by atoms with Crippen LogP contribution >= 0.6 is 22.9 Å². The third-order valence-electron chi connectivity index (χ3n) is 3.24. The lowest BCUT2D eigenvalue weighted by Gasteiger charge is -2.13.